The maximum absolute atomic E-state index is 13.1. The summed E-state index contributed by atoms with van der Waals surface area (Å²) in [5.74, 6) is 1.98. The van der Waals surface area contributed by atoms with Crippen LogP contribution in [0.5, 0.6) is 17.2 Å². The SMILES string of the molecule is C=CCOC(=O)C1=C(C)OC(N(CC)CC)=C(CC)C1c1cc(OC)c(OC)c(OC)c1. The lowest BCUT2D eigenvalue weighted by Crippen LogP contribution is -2.31. The Morgan fingerprint density at radius 1 is 1.09 bits per heavy atom. The van der Waals surface area contributed by atoms with Crippen LogP contribution in [0, 0.1) is 0 Å². The van der Waals surface area contributed by atoms with Gasteiger partial charge in [0.25, 0.3) is 0 Å². The van der Waals surface area contributed by atoms with E-state index in [1.54, 1.807) is 34.3 Å². The predicted octanol–water partition coefficient (Wildman–Crippen LogP) is 4.79. The van der Waals surface area contributed by atoms with Crippen LogP contribution < -0.4 is 14.2 Å². The van der Waals surface area contributed by atoms with Gasteiger partial charge in [-0.3, -0.25) is 0 Å². The average molecular weight is 446 g/mol. The van der Waals surface area contributed by atoms with Gasteiger partial charge in [0.2, 0.25) is 5.75 Å². The van der Waals surface area contributed by atoms with Crippen LogP contribution in [0.3, 0.4) is 0 Å². The van der Waals surface area contributed by atoms with Gasteiger partial charge in [-0.05, 0) is 44.9 Å². The van der Waals surface area contributed by atoms with Crippen molar-refractivity contribution in [1.29, 1.82) is 0 Å². The molecule has 176 valence electrons. The molecule has 1 aromatic rings. The van der Waals surface area contributed by atoms with Gasteiger partial charge in [0.15, 0.2) is 17.4 Å². The first kappa shape index (κ1) is 25.2. The monoisotopic (exact) mass is 445 g/mol. The van der Waals surface area contributed by atoms with E-state index in [2.05, 4.69) is 32.3 Å². The summed E-state index contributed by atoms with van der Waals surface area (Å²) in [5, 5.41) is 0. The Bertz CT molecular complexity index is 873. The van der Waals surface area contributed by atoms with Crippen molar-refractivity contribution in [2.75, 3.05) is 41.0 Å². The number of esters is 1. The molecule has 1 aliphatic rings. The van der Waals surface area contributed by atoms with E-state index in [1.807, 2.05) is 12.1 Å². The molecule has 1 unspecified atom stereocenters. The highest BCUT2D eigenvalue weighted by atomic mass is 16.5. The third kappa shape index (κ3) is 4.87. The quantitative estimate of drug-likeness (QED) is 0.358. The van der Waals surface area contributed by atoms with E-state index in [-0.39, 0.29) is 6.61 Å². The van der Waals surface area contributed by atoms with E-state index in [0.29, 0.717) is 35.0 Å². The first-order valence-electron chi connectivity index (χ1n) is 10.9. The Morgan fingerprint density at radius 3 is 2.12 bits per heavy atom. The number of carbonyl (C=O) groups excluding carboxylic acids is 1. The molecule has 0 bridgehead atoms. The fourth-order valence-corrected chi connectivity index (χ4v) is 4.01. The van der Waals surface area contributed by atoms with Crippen molar-refractivity contribution < 1.29 is 28.5 Å². The lowest BCUT2D eigenvalue weighted by Gasteiger charge is -2.36. The van der Waals surface area contributed by atoms with Gasteiger partial charge in [-0.15, -0.1) is 0 Å². The zero-order valence-corrected chi connectivity index (χ0v) is 20.2. The predicted molar refractivity (Wildman–Crippen MR) is 124 cm³/mol. The largest absolute Gasteiger partial charge is 0.493 e. The summed E-state index contributed by atoms with van der Waals surface area (Å²) in [4.78, 5) is 15.3. The molecule has 0 spiro atoms. The van der Waals surface area contributed by atoms with E-state index in [9.17, 15) is 4.79 Å². The van der Waals surface area contributed by atoms with Gasteiger partial charge in [0.05, 0.1) is 26.9 Å². The van der Waals surface area contributed by atoms with Crippen molar-refractivity contribution in [3.63, 3.8) is 0 Å². The van der Waals surface area contributed by atoms with Crippen LogP contribution in [0.1, 0.15) is 45.6 Å². The van der Waals surface area contributed by atoms with Gasteiger partial charge >= 0.3 is 5.97 Å². The van der Waals surface area contributed by atoms with Crippen molar-refractivity contribution in [2.45, 2.75) is 40.0 Å². The fraction of sp³-hybridized carbons (Fsp3) is 0.480. The molecular weight excluding hydrogens is 410 g/mol. The minimum Gasteiger partial charge on any atom is -0.493 e. The lowest BCUT2D eigenvalue weighted by molar-refractivity contribution is -0.138. The van der Waals surface area contributed by atoms with Crippen molar-refractivity contribution in [1.82, 2.24) is 4.90 Å². The number of nitrogens with zero attached hydrogens (tertiary/aromatic N) is 1. The van der Waals surface area contributed by atoms with E-state index in [4.69, 9.17) is 23.7 Å². The number of allylic oxidation sites excluding steroid dienone is 2. The smallest absolute Gasteiger partial charge is 0.338 e. The molecule has 0 aromatic heterocycles. The van der Waals surface area contributed by atoms with Gasteiger partial charge in [-0.1, -0.05) is 19.6 Å². The first-order valence-corrected chi connectivity index (χ1v) is 10.9. The summed E-state index contributed by atoms with van der Waals surface area (Å²) in [6, 6.07) is 3.75. The molecule has 1 atom stereocenters. The van der Waals surface area contributed by atoms with Gasteiger partial charge < -0.3 is 28.6 Å². The molecule has 2 rings (SSSR count). The number of rotatable bonds is 11. The molecule has 0 amide bonds. The third-order valence-electron chi connectivity index (χ3n) is 5.55. The van der Waals surface area contributed by atoms with Crippen LogP contribution in [0.15, 0.2) is 47.6 Å². The summed E-state index contributed by atoms with van der Waals surface area (Å²) in [6.45, 7) is 13.3. The van der Waals surface area contributed by atoms with Crippen LogP contribution in [0.4, 0.5) is 0 Å². The average Bonchev–Trinajstić information content (AvgIpc) is 2.81. The Balaban J connectivity index is 2.81. The Hall–Kier alpha value is -3.09. The second kappa shape index (κ2) is 11.5. The number of ether oxygens (including phenoxy) is 5. The van der Waals surface area contributed by atoms with E-state index < -0.39 is 11.9 Å². The van der Waals surface area contributed by atoms with Crippen LogP contribution in [0.25, 0.3) is 0 Å². The number of methoxy groups -OCH3 is 3. The molecule has 7 heteroatoms. The molecule has 0 N–H and O–H groups in total. The maximum atomic E-state index is 13.1. The highest BCUT2D eigenvalue weighted by Crippen LogP contribution is 2.47. The minimum absolute atomic E-state index is 0.117. The zero-order chi connectivity index (χ0) is 23.8. The van der Waals surface area contributed by atoms with Crippen molar-refractivity contribution in [3.8, 4) is 17.2 Å². The van der Waals surface area contributed by atoms with Crippen LogP contribution in [0.2, 0.25) is 0 Å². The molecule has 0 saturated heterocycles. The first-order chi connectivity index (χ1) is 15.4. The van der Waals surface area contributed by atoms with Crippen molar-refractivity contribution >= 4 is 5.97 Å². The molecule has 7 nitrogen and oxygen atoms in total. The molecular formula is C25H35NO6. The van der Waals surface area contributed by atoms with Crippen molar-refractivity contribution in [2.24, 2.45) is 0 Å². The molecule has 1 aromatic carbocycles. The fourth-order valence-electron chi connectivity index (χ4n) is 4.01. The third-order valence-corrected chi connectivity index (χ3v) is 5.55. The second-order valence-electron chi connectivity index (χ2n) is 7.21. The second-order valence-corrected chi connectivity index (χ2v) is 7.21. The Kier molecular flexibility index (Phi) is 9.05. The van der Waals surface area contributed by atoms with E-state index in [0.717, 1.165) is 30.1 Å². The van der Waals surface area contributed by atoms with Gasteiger partial charge in [0, 0.05) is 24.6 Å². The molecule has 0 saturated carbocycles. The molecule has 0 radical (unpaired) electrons. The maximum Gasteiger partial charge on any atom is 0.338 e. The summed E-state index contributed by atoms with van der Waals surface area (Å²) < 4.78 is 28.3. The highest BCUT2D eigenvalue weighted by molar-refractivity contribution is 5.92. The van der Waals surface area contributed by atoms with Crippen LogP contribution in [-0.2, 0) is 14.3 Å². The van der Waals surface area contributed by atoms with Crippen LogP contribution in [-0.4, -0.2) is 51.9 Å². The minimum atomic E-state index is -0.439. The van der Waals surface area contributed by atoms with Crippen LogP contribution >= 0.6 is 0 Å². The number of carbonyl (C=O) groups is 1. The van der Waals surface area contributed by atoms with E-state index in [1.165, 1.54) is 0 Å². The lowest BCUT2D eigenvalue weighted by atomic mass is 9.81. The summed E-state index contributed by atoms with van der Waals surface area (Å²) >= 11 is 0. The molecule has 0 fully saturated rings. The molecule has 0 aliphatic carbocycles. The standard InChI is InChI=1S/C25H35NO6/c1-9-13-31-25(27)21-16(5)32-24(26(11-3)12-4)18(10-2)22(21)17-14-19(28-6)23(30-8)20(15-17)29-7/h9,14-15,22H,1,10-13H2,2-8H3. The Labute approximate surface area is 191 Å². The number of benzene rings is 1. The summed E-state index contributed by atoms with van der Waals surface area (Å²) in [5.41, 5.74) is 2.27. The summed E-state index contributed by atoms with van der Waals surface area (Å²) in [6.07, 6.45) is 2.22. The van der Waals surface area contributed by atoms with Crippen molar-refractivity contribution in [3.05, 3.63) is 53.1 Å². The summed E-state index contributed by atoms with van der Waals surface area (Å²) in [7, 11) is 4.71. The van der Waals surface area contributed by atoms with Gasteiger partial charge in [-0.25, -0.2) is 4.79 Å². The highest BCUT2D eigenvalue weighted by Gasteiger charge is 2.38. The Morgan fingerprint density at radius 2 is 1.69 bits per heavy atom. The number of hydrogen-bond acceptors (Lipinski definition) is 7. The molecule has 32 heavy (non-hydrogen) atoms. The zero-order valence-electron chi connectivity index (χ0n) is 20.2. The number of hydrogen-bond donors (Lipinski definition) is 0. The van der Waals surface area contributed by atoms with Gasteiger partial charge in [0.1, 0.15) is 12.4 Å². The van der Waals surface area contributed by atoms with Gasteiger partial charge in [-0.2, -0.15) is 0 Å². The van der Waals surface area contributed by atoms with E-state index >= 15 is 0 Å². The molecule has 1 aliphatic heterocycles. The normalized spacial score (nSPS) is 15.8. The topological polar surface area (TPSA) is 66.5 Å². The molecule has 1 heterocycles.